The van der Waals surface area contributed by atoms with E-state index in [9.17, 15) is 4.79 Å². The lowest BCUT2D eigenvalue weighted by molar-refractivity contribution is 0.102. The number of carbonyl (C=O) groups is 1. The number of anilines is 1. The van der Waals surface area contributed by atoms with Crippen molar-refractivity contribution in [2.75, 3.05) is 5.32 Å². The summed E-state index contributed by atoms with van der Waals surface area (Å²) in [7, 11) is 0. The molecule has 0 atom stereocenters. The van der Waals surface area contributed by atoms with E-state index in [4.69, 9.17) is 4.98 Å². The number of hydrogen-bond donors (Lipinski definition) is 1. The molecule has 2 aromatic heterocycles. The van der Waals surface area contributed by atoms with Crippen molar-refractivity contribution in [2.24, 2.45) is 0 Å². The number of para-hydroxylation sites is 1. The van der Waals surface area contributed by atoms with Crippen LogP contribution in [-0.4, -0.2) is 20.7 Å². The molecular weight excluding hydrogens is 324 g/mol. The molecular formula is C21H24N4O. The Morgan fingerprint density at radius 2 is 1.92 bits per heavy atom. The van der Waals surface area contributed by atoms with Gasteiger partial charge in [0.2, 0.25) is 0 Å². The first kappa shape index (κ1) is 16.8. The molecule has 5 heteroatoms. The van der Waals surface area contributed by atoms with Crippen molar-refractivity contribution in [2.45, 2.75) is 52.5 Å². The van der Waals surface area contributed by atoms with E-state index in [1.165, 1.54) is 0 Å². The maximum atomic E-state index is 13.1. The summed E-state index contributed by atoms with van der Waals surface area (Å²) in [6.45, 7) is 8.18. The van der Waals surface area contributed by atoms with Crippen LogP contribution >= 0.6 is 0 Å². The Morgan fingerprint density at radius 3 is 2.54 bits per heavy atom. The Hall–Kier alpha value is -2.69. The van der Waals surface area contributed by atoms with Crippen LogP contribution in [0, 0.1) is 13.8 Å². The summed E-state index contributed by atoms with van der Waals surface area (Å²) >= 11 is 0. The minimum absolute atomic E-state index is 0.0972. The van der Waals surface area contributed by atoms with Gasteiger partial charge in [-0.25, -0.2) is 9.67 Å². The fourth-order valence-corrected chi connectivity index (χ4v) is 3.38. The van der Waals surface area contributed by atoms with Crippen LogP contribution in [0.15, 0.2) is 30.5 Å². The predicted molar refractivity (Wildman–Crippen MR) is 104 cm³/mol. The van der Waals surface area contributed by atoms with Crippen molar-refractivity contribution in [3.63, 3.8) is 0 Å². The fourth-order valence-electron chi connectivity index (χ4n) is 3.38. The Labute approximate surface area is 153 Å². The molecule has 4 rings (SSSR count). The van der Waals surface area contributed by atoms with Gasteiger partial charge in [0.25, 0.3) is 5.91 Å². The maximum absolute atomic E-state index is 13.1. The number of amides is 1. The summed E-state index contributed by atoms with van der Waals surface area (Å²) in [6.07, 6.45) is 4.05. The van der Waals surface area contributed by atoms with Crippen LogP contribution in [0.1, 0.15) is 65.8 Å². The van der Waals surface area contributed by atoms with E-state index >= 15 is 0 Å². The zero-order chi connectivity index (χ0) is 18.4. The summed E-state index contributed by atoms with van der Waals surface area (Å²) in [5.41, 5.74) is 5.47. The number of benzene rings is 1. The van der Waals surface area contributed by atoms with E-state index in [0.29, 0.717) is 11.5 Å². The summed E-state index contributed by atoms with van der Waals surface area (Å²) < 4.78 is 1.90. The van der Waals surface area contributed by atoms with Gasteiger partial charge in [-0.2, -0.15) is 5.10 Å². The second-order valence-corrected chi connectivity index (χ2v) is 7.51. The SMILES string of the molecule is Cc1cccc(C)c1NC(=O)c1cc(C2CC2)nc2c1cnn2C(C)C. The number of nitrogens with one attached hydrogen (secondary N) is 1. The van der Waals surface area contributed by atoms with Crippen molar-refractivity contribution in [1.82, 2.24) is 14.8 Å². The first-order valence-electron chi connectivity index (χ1n) is 9.21. The largest absolute Gasteiger partial charge is 0.321 e. The average molecular weight is 348 g/mol. The van der Waals surface area contributed by atoms with Crippen LogP contribution < -0.4 is 5.32 Å². The lowest BCUT2D eigenvalue weighted by atomic mass is 10.1. The smallest absolute Gasteiger partial charge is 0.256 e. The molecule has 0 radical (unpaired) electrons. The van der Waals surface area contributed by atoms with Gasteiger partial charge in [-0.15, -0.1) is 0 Å². The third-order valence-corrected chi connectivity index (χ3v) is 5.04. The number of aromatic nitrogens is 3. The van der Waals surface area contributed by atoms with E-state index in [0.717, 1.165) is 46.4 Å². The molecule has 0 unspecified atom stereocenters. The van der Waals surface area contributed by atoms with E-state index in [1.807, 2.05) is 42.8 Å². The van der Waals surface area contributed by atoms with Crippen molar-refractivity contribution in [3.05, 3.63) is 52.8 Å². The van der Waals surface area contributed by atoms with Crippen molar-refractivity contribution < 1.29 is 4.79 Å². The molecule has 1 aliphatic rings. The van der Waals surface area contributed by atoms with Gasteiger partial charge in [-0.3, -0.25) is 4.79 Å². The van der Waals surface area contributed by atoms with Gasteiger partial charge in [0.15, 0.2) is 5.65 Å². The topological polar surface area (TPSA) is 59.8 Å². The Morgan fingerprint density at radius 1 is 1.23 bits per heavy atom. The van der Waals surface area contributed by atoms with Crippen LogP contribution in [0.5, 0.6) is 0 Å². The minimum atomic E-state index is -0.0972. The average Bonchev–Trinajstić information content (AvgIpc) is 3.36. The Balaban J connectivity index is 1.81. The molecule has 5 nitrogen and oxygen atoms in total. The maximum Gasteiger partial charge on any atom is 0.256 e. The molecule has 0 saturated heterocycles. The Bertz CT molecular complexity index is 978. The van der Waals surface area contributed by atoms with Gasteiger partial charge in [-0.05, 0) is 57.7 Å². The molecule has 1 aliphatic carbocycles. The standard InChI is InChI=1S/C21H24N4O/c1-12(2)25-20-17(11-22-25)16(10-18(23-20)15-8-9-15)21(26)24-19-13(3)6-5-7-14(19)4/h5-7,10-12,15H,8-9H2,1-4H3,(H,24,26). The fraction of sp³-hybridized carbons (Fsp3) is 0.381. The van der Waals surface area contributed by atoms with Gasteiger partial charge in [0, 0.05) is 23.3 Å². The summed E-state index contributed by atoms with van der Waals surface area (Å²) in [5.74, 6) is 0.377. The number of rotatable bonds is 4. The van der Waals surface area contributed by atoms with E-state index in [1.54, 1.807) is 6.20 Å². The number of hydrogen-bond acceptors (Lipinski definition) is 3. The molecule has 134 valence electrons. The lowest BCUT2D eigenvalue weighted by Crippen LogP contribution is -2.15. The molecule has 3 aromatic rings. The van der Waals surface area contributed by atoms with Crippen LogP contribution in [0.2, 0.25) is 0 Å². The highest BCUT2D eigenvalue weighted by molar-refractivity contribution is 6.12. The predicted octanol–water partition coefficient (Wildman–Crippen LogP) is 4.76. The third-order valence-electron chi connectivity index (χ3n) is 5.04. The minimum Gasteiger partial charge on any atom is -0.321 e. The van der Waals surface area contributed by atoms with Crippen LogP contribution in [0.25, 0.3) is 11.0 Å². The number of carbonyl (C=O) groups excluding carboxylic acids is 1. The van der Waals surface area contributed by atoms with Gasteiger partial charge < -0.3 is 5.32 Å². The normalized spacial score (nSPS) is 14.2. The quantitative estimate of drug-likeness (QED) is 0.739. The number of nitrogens with zero attached hydrogens (tertiary/aromatic N) is 3. The summed E-state index contributed by atoms with van der Waals surface area (Å²) in [5, 5.41) is 8.40. The van der Waals surface area contributed by atoms with Crippen molar-refractivity contribution in [3.8, 4) is 0 Å². The highest BCUT2D eigenvalue weighted by Crippen LogP contribution is 2.40. The van der Waals surface area contributed by atoms with Gasteiger partial charge in [0.05, 0.1) is 17.1 Å². The molecule has 1 fully saturated rings. The van der Waals surface area contributed by atoms with Crippen LogP contribution in [-0.2, 0) is 0 Å². The Kier molecular flexibility index (Phi) is 4.02. The zero-order valence-corrected chi connectivity index (χ0v) is 15.7. The first-order chi connectivity index (χ1) is 12.5. The second kappa shape index (κ2) is 6.24. The molecule has 2 heterocycles. The van der Waals surface area contributed by atoms with Crippen LogP contribution in [0.3, 0.4) is 0 Å². The number of pyridine rings is 1. The molecule has 0 aliphatic heterocycles. The molecule has 1 N–H and O–H groups in total. The molecule has 1 amide bonds. The van der Waals surface area contributed by atoms with E-state index < -0.39 is 0 Å². The highest BCUT2D eigenvalue weighted by atomic mass is 16.1. The molecule has 0 spiro atoms. The first-order valence-corrected chi connectivity index (χ1v) is 9.21. The monoisotopic (exact) mass is 348 g/mol. The molecule has 26 heavy (non-hydrogen) atoms. The molecule has 0 bridgehead atoms. The summed E-state index contributed by atoms with van der Waals surface area (Å²) in [6, 6.07) is 8.18. The number of fused-ring (bicyclic) bond motifs is 1. The second-order valence-electron chi connectivity index (χ2n) is 7.51. The van der Waals surface area contributed by atoms with E-state index in [2.05, 4.69) is 24.3 Å². The lowest BCUT2D eigenvalue weighted by Gasteiger charge is -2.13. The van der Waals surface area contributed by atoms with Crippen LogP contribution in [0.4, 0.5) is 5.69 Å². The van der Waals surface area contributed by atoms with Crippen molar-refractivity contribution in [1.29, 1.82) is 0 Å². The third kappa shape index (κ3) is 2.87. The van der Waals surface area contributed by atoms with Gasteiger partial charge >= 0.3 is 0 Å². The zero-order valence-electron chi connectivity index (χ0n) is 15.7. The summed E-state index contributed by atoms with van der Waals surface area (Å²) in [4.78, 5) is 18.0. The van der Waals surface area contributed by atoms with E-state index in [-0.39, 0.29) is 11.9 Å². The van der Waals surface area contributed by atoms with Gasteiger partial charge in [0.1, 0.15) is 0 Å². The van der Waals surface area contributed by atoms with Crippen molar-refractivity contribution >= 4 is 22.6 Å². The van der Waals surface area contributed by atoms with Gasteiger partial charge in [-0.1, -0.05) is 18.2 Å². The molecule has 1 aromatic carbocycles. The number of aryl methyl sites for hydroxylation is 2. The molecule has 1 saturated carbocycles. The highest BCUT2D eigenvalue weighted by Gasteiger charge is 2.28.